The SMILES string of the molecule is Cc1nc2c(s1)sc1c(-c3n(-c4ccccc4C)c4ccccc4[n+]3C)c(C)ccc12. The third-order valence-electron chi connectivity index (χ3n) is 6.11. The molecule has 31 heavy (non-hydrogen) atoms. The molecule has 3 aromatic carbocycles. The van der Waals surface area contributed by atoms with Crippen LogP contribution in [0.3, 0.4) is 0 Å². The minimum absolute atomic E-state index is 1.13. The highest BCUT2D eigenvalue weighted by atomic mass is 32.2. The number of thiophene rings is 1. The zero-order chi connectivity index (χ0) is 21.3. The molecule has 0 saturated carbocycles. The van der Waals surface area contributed by atoms with Crippen LogP contribution in [0.25, 0.3) is 47.7 Å². The number of thiazole rings is 1. The molecule has 0 radical (unpaired) electrons. The van der Waals surface area contributed by atoms with Crippen LogP contribution in [-0.2, 0) is 7.05 Å². The highest BCUT2D eigenvalue weighted by molar-refractivity contribution is 7.41. The smallest absolute Gasteiger partial charge is 0.240 e. The van der Waals surface area contributed by atoms with E-state index in [1.165, 1.54) is 53.3 Å². The number of fused-ring (bicyclic) bond motifs is 4. The van der Waals surface area contributed by atoms with Gasteiger partial charge in [0.2, 0.25) is 0 Å². The summed E-state index contributed by atoms with van der Waals surface area (Å²) in [5.74, 6) is 1.21. The second kappa shape index (κ2) is 6.74. The average Bonchev–Trinajstić information content (AvgIpc) is 3.38. The third kappa shape index (κ3) is 2.63. The van der Waals surface area contributed by atoms with Gasteiger partial charge in [0.05, 0.1) is 22.3 Å². The van der Waals surface area contributed by atoms with Gasteiger partial charge in [-0.25, -0.2) is 9.55 Å². The summed E-state index contributed by atoms with van der Waals surface area (Å²) in [4.78, 5) is 4.84. The van der Waals surface area contributed by atoms with Gasteiger partial charge in [0.1, 0.15) is 15.2 Å². The van der Waals surface area contributed by atoms with Gasteiger partial charge in [-0.05, 0) is 50.1 Å². The molecule has 6 rings (SSSR count). The Hall–Kier alpha value is -3.02. The van der Waals surface area contributed by atoms with Crippen LogP contribution in [0.1, 0.15) is 16.1 Å². The fraction of sp³-hybridized carbons (Fsp3) is 0.154. The Kier molecular flexibility index (Phi) is 4.07. The van der Waals surface area contributed by atoms with E-state index in [9.17, 15) is 0 Å². The van der Waals surface area contributed by atoms with Crippen LogP contribution in [-0.4, -0.2) is 9.55 Å². The van der Waals surface area contributed by atoms with E-state index in [-0.39, 0.29) is 0 Å². The van der Waals surface area contributed by atoms with Crippen molar-refractivity contribution < 1.29 is 4.57 Å². The molecular formula is C26H22N3S2+. The molecule has 3 aromatic heterocycles. The average molecular weight is 441 g/mol. The molecule has 0 fully saturated rings. The molecule has 3 heterocycles. The van der Waals surface area contributed by atoms with E-state index in [1.54, 1.807) is 11.3 Å². The van der Waals surface area contributed by atoms with E-state index in [2.05, 4.69) is 97.6 Å². The maximum Gasteiger partial charge on any atom is 0.296 e. The summed E-state index contributed by atoms with van der Waals surface area (Å²) >= 11 is 3.67. The van der Waals surface area contributed by atoms with Crippen LogP contribution in [0, 0.1) is 20.8 Å². The first-order chi connectivity index (χ1) is 15.0. The van der Waals surface area contributed by atoms with Crippen LogP contribution >= 0.6 is 22.7 Å². The zero-order valence-corrected chi connectivity index (χ0v) is 19.6. The van der Waals surface area contributed by atoms with E-state index < -0.39 is 0 Å². The molecule has 152 valence electrons. The largest absolute Gasteiger partial charge is 0.296 e. The Morgan fingerprint density at radius 1 is 0.839 bits per heavy atom. The second-order valence-electron chi connectivity index (χ2n) is 8.10. The van der Waals surface area contributed by atoms with Gasteiger partial charge in [-0.1, -0.05) is 42.5 Å². The van der Waals surface area contributed by atoms with E-state index in [1.807, 2.05) is 11.3 Å². The monoisotopic (exact) mass is 440 g/mol. The second-order valence-corrected chi connectivity index (χ2v) is 10.6. The van der Waals surface area contributed by atoms with Crippen molar-refractivity contribution in [1.82, 2.24) is 9.55 Å². The topological polar surface area (TPSA) is 21.7 Å². The molecule has 0 unspecified atom stereocenters. The van der Waals surface area contributed by atoms with E-state index in [4.69, 9.17) is 4.98 Å². The maximum absolute atomic E-state index is 4.84. The van der Waals surface area contributed by atoms with Gasteiger partial charge in [0, 0.05) is 5.39 Å². The fourth-order valence-electron chi connectivity index (χ4n) is 4.64. The van der Waals surface area contributed by atoms with E-state index in [0.29, 0.717) is 0 Å². The van der Waals surface area contributed by atoms with Crippen molar-refractivity contribution >= 4 is 53.3 Å². The summed E-state index contributed by atoms with van der Waals surface area (Å²) in [6.07, 6.45) is 0. The predicted molar refractivity (Wildman–Crippen MR) is 133 cm³/mol. The van der Waals surface area contributed by atoms with Crippen molar-refractivity contribution in [3.8, 4) is 17.1 Å². The fourth-order valence-corrected chi connectivity index (χ4v) is 7.15. The minimum Gasteiger partial charge on any atom is -0.240 e. The lowest BCUT2D eigenvalue weighted by Crippen LogP contribution is -2.30. The Morgan fingerprint density at radius 2 is 1.61 bits per heavy atom. The summed E-state index contributed by atoms with van der Waals surface area (Å²) in [6.45, 7) is 6.50. The summed E-state index contributed by atoms with van der Waals surface area (Å²) in [5, 5.41) is 2.39. The van der Waals surface area contributed by atoms with Gasteiger partial charge in [-0.2, -0.15) is 4.57 Å². The van der Waals surface area contributed by atoms with Crippen molar-refractivity contribution in [3.63, 3.8) is 0 Å². The van der Waals surface area contributed by atoms with Crippen LogP contribution in [0.15, 0.2) is 60.7 Å². The summed E-state index contributed by atoms with van der Waals surface area (Å²) < 4.78 is 7.40. The molecule has 0 saturated heterocycles. The first-order valence-electron chi connectivity index (χ1n) is 10.4. The van der Waals surface area contributed by atoms with Gasteiger partial charge in [-0.3, -0.25) is 0 Å². The Morgan fingerprint density at radius 3 is 2.45 bits per heavy atom. The molecule has 0 atom stereocenters. The number of para-hydroxylation sites is 3. The maximum atomic E-state index is 4.84. The molecule has 0 amide bonds. The predicted octanol–water partition coefficient (Wildman–Crippen LogP) is 6.87. The minimum atomic E-state index is 1.13. The standard InChI is InChI=1S/C26H22N3S2/c1-15-9-5-6-10-19(15)29-21-12-8-7-11-20(21)28(4)25(29)22-16(2)13-14-18-23-26(31-24(18)22)30-17(3)27-23/h5-14H,1-4H3/q+1. The Bertz CT molecular complexity index is 1630. The molecule has 0 aliphatic carbocycles. The molecule has 0 N–H and O–H groups in total. The molecule has 0 aliphatic heterocycles. The lowest BCUT2D eigenvalue weighted by molar-refractivity contribution is -0.633. The number of hydrogen-bond acceptors (Lipinski definition) is 3. The normalized spacial score (nSPS) is 11.9. The van der Waals surface area contributed by atoms with Crippen molar-refractivity contribution in [2.75, 3.05) is 0 Å². The van der Waals surface area contributed by atoms with Crippen LogP contribution < -0.4 is 4.57 Å². The van der Waals surface area contributed by atoms with E-state index in [0.717, 1.165) is 10.5 Å². The first-order valence-corrected chi connectivity index (χ1v) is 12.0. The highest BCUT2D eigenvalue weighted by Gasteiger charge is 2.30. The van der Waals surface area contributed by atoms with Gasteiger partial charge in [-0.15, -0.1) is 22.7 Å². The number of imidazole rings is 1. The van der Waals surface area contributed by atoms with Crippen LogP contribution in [0.2, 0.25) is 0 Å². The number of rotatable bonds is 2. The zero-order valence-electron chi connectivity index (χ0n) is 17.9. The molecule has 0 aliphatic rings. The van der Waals surface area contributed by atoms with Crippen molar-refractivity contribution in [2.45, 2.75) is 20.8 Å². The van der Waals surface area contributed by atoms with E-state index >= 15 is 0 Å². The third-order valence-corrected chi connectivity index (χ3v) is 8.38. The highest BCUT2D eigenvalue weighted by Crippen LogP contribution is 2.43. The first kappa shape index (κ1) is 18.7. The van der Waals surface area contributed by atoms with Gasteiger partial charge >= 0.3 is 0 Å². The quantitative estimate of drug-likeness (QED) is 0.269. The van der Waals surface area contributed by atoms with Crippen molar-refractivity contribution in [1.29, 1.82) is 0 Å². The van der Waals surface area contributed by atoms with Crippen molar-refractivity contribution in [3.05, 3.63) is 76.8 Å². The summed E-state index contributed by atoms with van der Waals surface area (Å²) in [6, 6.07) is 21.8. The van der Waals surface area contributed by atoms with Gasteiger partial charge in [0.15, 0.2) is 11.0 Å². The van der Waals surface area contributed by atoms with Crippen molar-refractivity contribution in [2.24, 2.45) is 7.05 Å². The van der Waals surface area contributed by atoms with Gasteiger partial charge < -0.3 is 0 Å². The number of aromatic nitrogens is 3. The Labute approximate surface area is 188 Å². The molecular weight excluding hydrogens is 418 g/mol. The van der Waals surface area contributed by atoms with Gasteiger partial charge in [0.25, 0.3) is 5.82 Å². The van der Waals surface area contributed by atoms with Crippen LogP contribution in [0.5, 0.6) is 0 Å². The van der Waals surface area contributed by atoms with Crippen LogP contribution in [0.4, 0.5) is 0 Å². The molecule has 5 heteroatoms. The summed E-state index contributed by atoms with van der Waals surface area (Å²) in [5.41, 5.74) is 8.66. The number of nitrogens with zero attached hydrogens (tertiary/aromatic N) is 3. The number of benzene rings is 3. The molecule has 0 bridgehead atoms. The lowest BCUT2D eigenvalue weighted by atomic mass is 10.0. The molecule has 6 aromatic rings. The summed E-state index contributed by atoms with van der Waals surface area (Å²) in [7, 11) is 2.18. The Balaban J connectivity index is 1.81. The lowest BCUT2D eigenvalue weighted by Gasteiger charge is -2.09. The number of hydrogen-bond donors (Lipinski definition) is 0. The molecule has 0 spiro atoms. The molecule has 3 nitrogen and oxygen atoms in total. The number of aryl methyl sites for hydroxylation is 4.